The number of methoxy groups -OCH3 is 1. The highest BCUT2D eigenvalue weighted by Gasteiger charge is 2.48. The van der Waals surface area contributed by atoms with Crippen LogP contribution in [0.15, 0.2) is 42.5 Å². The Hall–Kier alpha value is -2.13. The van der Waals surface area contributed by atoms with Crippen LogP contribution in [-0.2, 0) is 0 Å². The molecule has 3 heteroatoms. The molecule has 2 atom stereocenters. The van der Waals surface area contributed by atoms with Gasteiger partial charge in [0.1, 0.15) is 5.75 Å². The van der Waals surface area contributed by atoms with Crippen LogP contribution in [-0.4, -0.2) is 21.0 Å². The van der Waals surface area contributed by atoms with Crippen molar-refractivity contribution in [3.8, 4) is 5.75 Å². The molecule has 0 fully saturated rings. The van der Waals surface area contributed by atoms with Crippen LogP contribution < -0.4 is 4.74 Å². The van der Waals surface area contributed by atoms with Crippen molar-refractivity contribution < 1.29 is 9.53 Å². The molecule has 0 heterocycles. The van der Waals surface area contributed by atoms with E-state index >= 15 is 0 Å². The Morgan fingerprint density at radius 3 is 2.38 bits per heavy atom. The third-order valence-electron chi connectivity index (χ3n) is 5.33. The van der Waals surface area contributed by atoms with E-state index in [0.717, 1.165) is 16.9 Å². The maximum atomic E-state index is 13.2. The van der Waals surface area contributed by atoms with E-state index in [2.05, 4.69) is 43.9 Å². The fourth-order valence-corrected chi connectivity index (χ4v) is 6.83. The van der Waals surface area contributed by atoms with Crippen molar-refractivity contribution in [1.82, 2.24) is 0 Å². The molecule has 0 aromatic heterocycles. The highest BCUT2D eigenvalue weighted by molar-refractivity contribution is 6.78. The van der Waals surface area contributed by atoms with Crippen molar-refractivity contribution in [2.24, 2.45) is 5.92 Å². The number of Topliss-reactive ketones (excluding diaryl/α,β-unsaturated/α-hetero) is 1. The molecule has 2 nitrogen and oxygen atoms in total. The average Bonchev–Trinajstić information content (AvgIpc) is 2.84. The monoisotopic (exact) mass is 334 g/mol. The van der Waals surface area contributed by atoms with Gasteiger partial charge in [-0.25, -0.2) is 0 Å². The number of rotatable bonds is 2. The Bertz CT molecular complexity index is 874. The molecule has 0 aliphatic heterocycles. The molecule has 0 saturated carbocycles. The van der Waals surface area contributed by atoms with Crippen molar-refractivity contribution in [1.29, 1.82) is 0 Å². The third-order valence-corrected chi connectivity index (χ3v) is 7.84. The second-order valence-electron chi connectivity index (χ2n) is 7.83. The molecular formula is C21H22O2Si. The number of hydrogen-bond acceptors (Lipinski definition) is 2. The lowest BCUT2D eigenvalue weighted by Crippen LogP contribution is -2.40. The van der Waals surface area contributed by atoms with Crippen LogP contribution in [0.5, 0.6) is 5.75 Å². The summed E-state index contributed by atoms with van der Waals surface area (Å²) in [5, 5.41) is 0. The molecule has 0 amide bonds. The molecule has 24 heavy (non-hydrogen) atoms. The first-order chi connectivity index (χ1) is 11.4. The molecular weight excluding hydrogens is 312 g/mol. The van der Waals surface area contributed by atoms with Crippen molar-refractivity contribution in [2.75, 3.05) is 7.11 Å². The van der Waals surface area contributed by atoms with Crippen LogP contribution >= 0.6 is 0 Å². The van der Waals surface area contributed by atoms with Crippen LogP contribution in [0.3, 0.4) is 0 Å². The molecule has 0 N–H and O–H groups in total. The normalized spacial score (nSPS) is 21.7. The zero-order chi connectivity index (χ0) is 17.1. The molecule has 0 radical (unpaired) electrons. The Labute approximate surface area is 144 Å². The topological polar surface area (TPSA) is 26.3 Å². The van der Waals surface area contributed by atoms with E-state index < -0.39 is 8.07 Å². The van der Waals surface area contributed by atoms with Crippen molar-refractivity contribution in [3.63, 3.8) is 0 Å². The molecule has 2 aromatic carbocycles. The summed E-state index contributed by atoms with van der Waals surface area (Å²) >= 11 is 0. The van der Waals surface area contributed by atoms with E-state index in [1.807, 2.05) is 24.3 Å². The lowest BCUT2D eigenvalue weighted by molar-refractivity contribution is 0.0954. The van der Waals surface area contributed by atoms with Gasteiger partial charge in [0.25, 0.3) is 0 Å². The number of ketones is 1. The molecule has 4 rings (SSSR count). The van der Waals surface area contributed by atoms with E-state index in [4.69, 9.17) is 4.74 Å². The van der Waals surface area contributed by atoms with Crippen LogP contribution in [0.4, 0.5) is 0 Å². The Kier molecular flexibility index (Phi) is 3.32. The summed E-state index contributed by atoms with van der Waals surface area (Å²) in [6.45, 7) is 7.08. The molecule has 122 valence electrons. The standard InChI is InChI=1S/C21H22O2Si/c1-23-14-10-9-13-11-18-15-7-5-6-8-16(15)20(22)19(18)21(17(13)12-14)24(2,3)4/h5-12,19,21H,1-4H3. The molecule has 0 saturated heterocycles. The third kappa shape index (κ3) is 2.11. The lowest BCUT2D eigenvalue weighted by atomic mass is 9.82. The van der Waals surface area contributed by atoms with Crippen LogP contribution in [0.2, 0.25) is 19.6 Å². The minimum absolute atomic E-state index is 0.0336. The van der Waals surface area contributed by atoms with Crippen LogP contribution in [0, 0.1) is 5.92 Å². The summed E-state index contributed by atoms with van der Waals surface area (Å²) < 4.78 is 5.45. The fraction of sp³-hybridized carbons (Fsp3) is 0.286. The van der Waals surface area contributed by atoms with Gasteiger partial charge in [-0.1, -0.05) is 56.0 Å². The number of ether oxygens (including phenoxy) is 1. The number of carbonyl (C=O) groups excluding carboxylic acids is 1. The molecule has 2 aromatic rings. The van der Waals surface area contributed by atoms with Crippen LogP contribution in [0.25, 0.3) is 11.6 Å². The van der Waals surface area contributed by atoms with E-state index in [9.17, 15) is 4.79 Å². The van der Waals surface area contributed by atoms with Gasteiger partial charge in [-0.3, -0.25) is 4.79 Å². The van der Waals surface area contributed by atoms with Gasteiger partial charge < -0.3 is 4.74 Å². The minimum atomic E-state index is -1.63. The molecule has 2 unspecified atom stereocenters. The molecule has 0 spiro atoms. The van der Waals surface area contributed by atoms with Gasteiger partial charge in [0.2, 0.25) is 0 Å². The zero-order valence-corrected chi connectivity index (χ0v) is 15.6. The number of hydrogen-bond donors (Lipinski definition) is 0. The quantitative estimate of drug-likeness (QED) is 0.721. The SMILES string of the molecule is COc1ccc2c(c1)C([Si](C)(C)C)C1C(=O)c3ccccc3C1=C2. The molecule has 0 bridgehead atoms. The van der Waals surface area contributed by atoms with Gasteiger partial charge >= 0.3 is 0 Å². The Morgan fingerprint density at radius 1 is 1.00 bits per heavy atom. The number of benzene rings is 2. The first-order valence-corrected chi connectivity index (χ1v) is 12.0. The van der Waals surface area contributed by atoms with Gasteiger partial charge in [-0.2, -0.15) is 0 Å². The Morgan fingerprint density at radius 2 is 1.71 bits per heavy atom. The first kappa shape index (κ1) is 15.4. The molecule has 2 aliphatic carbocycles. The minimum Gasteiger partial charge on any atom is -0.497 e. The first-order valence-electron chi connectivity index (χ1n) is 8.45. The zero-order valence-electron chi connectivity index (χ0n) is 14.6. The second kappa shape index (κ2) is 5.18. The summed E-state index contributed by atoms with van der Waals surface area (Å²) in [6, 6.07) is 14.4. The smallest absolute Gasteiger partial charge is 0.171 e. The van der Waals surface area contributed by atoms with Gasteiger partial charge in [0, 0.05) is 5.56 Å². The fourth-order valence-electron chi connectivity index (χ4n) is 4.32. The lowest BCUT2D eigenvalue weighted by Gasteiger charge is -2.38. The highest BCUT2D eigenvalue weighted by atomic mass is 28.3. The predicted molar refractivity (Wildman–Crippen MR) is 101 cm³/mol. The predicted octanol–water partition coefficient (Wildman–Crippen LogP) is 5.02. The second-order valence-corrected chi connectivity index (χ2v) is 13.2. The van der Waals surface area contributed by atoms with E-state index in [-0.39, 0.29) is 17.2 Å². The largest absolute Gasteiger partial charge is 0.497 e. The summed E-state index contributed by atoms with van der Waals surface area (Å²) in [5.41, 5.74) is 6.01. The van der Waals surface area contributed by atoms with Gasteiger partial charge in [-0.15, -0.1) is 0 Å². The van der Waals surface area contributed by atoms with Gasteiger partial charge in [0.05, 0.1) is 21.1 Å². The van der Waals surface area contributed by atoms with E-state index in [1.54, 1.807) is 7.11 Å². The van der Waals surface area contributed by atoms with E-state index in [0.29, 0.717) is 0 Å². The highest BCUT2D eigenvalue weighted by Crippen LogP contribution is 2.53. The van der Waals surface area contributed by atoms with E-state index in [1.165, 1.54) is 16.7 Å². The van der Waals surface area contributed by atoms with Crippen molar-refractivity contribution in [2.45, 2.75) is 25.2 Å². The summed E-state index contributed by atoms with van der Waals surface area (Å²) in [7, 11) is 0.0730. The maximum Gasteiger partial charge on any atom is 0.171 e. The number of allylic oxidation sites excluding steroid dienone is 1. The summed E-state index contributed by atoms with van der Waals surface area (Å²) in [6.07, 6.45) is 2.22. The van der Waals surface area contributed by atoms with Gasteiger partial charge in [0.15, 0.2) is 5.78 Å². The number of carbonyl (C=O) groups is 1. The Balaban J connectivity index is 1.99. The number of fused-ring (bicyclic) bond motifs is 4. The summed E-state index contributed by atoms with van der Waals surface area (Å²) in [5.74, 6) is 1.13. The molecule has 2 aliphatic rings. The average molecular weight is 334 g/mol. The maximum absolute atomic E-state index is 13.2. The van der Waals surface area contributed by atoms with Crippen LogP contribution in [0.1, 0.15) is 32.6 Å². The van der Waals surface area contributed by atoms with Crippen molar-refractivity contribution in [3.05, 3.63) is 64.7 Å². The van der Waals surface area contributed by atoms with Crippen molar-refractivity contribution >= 4 is 25.5 Å². The summed E-state index contributed by atoms with van der Waals surface area (Å²) in [4.78, 5) is 13.2. The van der Waals surface area contributed by atoms with Gasteiger partial charge in [-0.05, 0) is 39.9 Å².